The van der Waals surface area contributed by atoms with Crippen molar-refractivity contribution in [3.63, 3.8) is 0 Å². The Morgan fingerprint density at radius 1 is 0.538 bits per heavy atom. The van der Waals surface area contributed by atoms with Gasteiger partial charge >= 0.3 is 6.85 Å². The maximum absolute atomic E-state index is 7.31. The van der Waals surface area contributed by atoms with Crippen molar-refractivity contribution in [1.82, 2.24) is 0 Å². The SMILES string of the molecule is Cc1ccc(N2B3c4sc5cc6c(cc5c4N(c4cc5c(cc4C)C(C)(C)CCC5(C)C)c4c3c(cc3c4oc4ccccc43)-c3cc4ccccc4cc32)C(C)(C)CCC6(C)C)cc1. The van der Waals surface area contributed by atoms with Gasteiger partial charge in [0.15, 0.2) is 5.58 Å². The number of aryl methyl sites for hydroxylation is 2. The third-order valence-electron chi connectivity index (χ3n) is 16.7. The van der Waals surface area contributed by atoms with Crippen LogP contribution in [0.1, 0.15) is 114 Å². The van der Waals surface area contributed by atoms with Crippen molar-refractivity contribution in [3.8, 4) is 11.1 Å². The molecule has 0 radical (unpaired) electrons. The van der Waals surface area contributed by atoms with E-state index in [2.05, 4.69) is 194 Å². The summed E-state index contributed by atoms with van der Waals surface area (Å²) in [5, 5.41) is 6.18. The van der Waals surface area contributed by atoms with E-state index in [1.807, 2.05) is 11.3 Å². The summed E-state index contributed by atoms with van der Waals surface area (Å²) in [5.74, 6) is 0. The van der Waals surface area contributed by atoms with E-state index >= 15 is 0 Å². The summed E-state index contributed by atoms with van der Waals surface area (Å²) in [4.78, 5) is 5.40. The van der Waals surface area contributed by atoms with Crippen LogP contribution in [0.15, 0.2) is 120 Å². The highest BCUT2D eigenvalue weighted by Gasteiger charge is 2.50. The molecule has 65 heavy (non-hydrogen) atoms. The first-order chi connectivity index (χ1) is 31.0. The molecule has 4 heterocycles. The van der Waals surface area contributed by atoms with Gasteiger partial charge in [-0.2, -0.15) is 0 Å². The lowest BCUT2D eigenvalue weighted by atomic mass is 9.46. The highest BCUT2D eigenvalue weighted by molar-refractivity contribution is 7.32. The van der Waals surface area contributed by atoms with Gasteiger partial charge < -0.3 is 14.1 Å². The highest BCUT2D eigenvalue weighted by Crippen LogP contribution is 2.57. The Bertz CT molecular complexity index is 3540. The first kappa shape index (κ1) is 39.6. The van der Waals surface area contributed by atoms with E-state index in [0.29, 0.717) is 0 Å². The molecule has 0 spiro atoms. The van der Waals surface area contributed by atoms with Gasteiger partial charge in [-0.3, -0.25) is 0 Å². The Morgan fingerprint density at radius 2 is 1.14 bits per heavy atom. The number of hydrogen-bond donors (Lipinski definition) is 0. The lowest BCUT2D eigenvalue weighted by Gasteiger charge is -2.46. The molecule has 7 aromatic carbocycles. The monoisotopic (exact) mass is 864 g/mol. The molecule has 0 saturated carbocycles. The van der Waals surface area contributed by atoms with Gasteiger partial charge in [-0.1, -0.05) is 122 Å². The van der Waals surface area contributed by atoms with Crippen LogP contribution in [0.4, 0.5) is 28.4 Å². The van der Waals surface area contributed by atoms with E-state index < -0.39 is 0 Å². The van der Waals surface area contributed by atoms with Crippen LogP contribution >= 0.6 is 11.3 Å². The molecule has 0 atom stereocenters. The molecular weight excluding hydrogens is 808 g/mol. The molecule has 9 aromatic rings. The van der Waals surface area contributed by atoms with Gasteiger partial charge in [0.25, 0.3) is 0 Å². The molecular formula is C60H57BN2OS. The molecule has 4 aliphatic rings. The van der Waals surface area contributed by atoms with Crippen LogP contribution in [0.5, 0.6) is 0 Å². The minimum atomic E-state index is -0.107. The second-order valence-corrected chi connectivity index (χ2v) is 23.8. The predicted octanol–water partition coefficient (Wildman–Crippen LogP) is 16.0. The van der Waals surface area contributed by atoms with Gasteiger partial charge in [-0.05, 0) is 165 Å². The number of benzene rings is 7. The first-order valence-electron chi connectivity index (χ1n) is 24.0. The smallest absolute Gasteiger partial charge is 0.343 e. The second kappa shape index (κ2) is 13.0. The number of para-hydroxylation sites is 1. The third-order valence-corrected chi connectivity index (χ3v) is 17.9. The largest absolute Gasteiger partial charge is 0.454 e. The summed E-state index contributed by atoms with van der Waals surface area (Å²) in [6.45, 7) is 24.2. The Balaban J connectivity index is 1.24. The first-order valence-corrected chi connectivity index (χ1v) is 24.8. The van der Waals surface area contributed by atoms with E-state index in [0.717, 1.165) is 23.0 Å². The Hall–Kier alpha value is -5.78. The standard InChI is InChI=1S/C60H57BN2OS/c1-34-19-21-38(22-20-34)63-49-29-37-16-12-11-15-36(37)28-40(49)41-30-42-39-17-13-14-18-50(39)64-55(42)54-52(41)61(63)56-53(43-31-45-47(33-51(43)65-56)60(9,10)26-24-58(45,5)6)62(54)48-32-46-44(27-35(48)2)57(3,4)23-25-59(46,7)8/h11-22,27-33H,23-26H2,1-10H3. The van der Waals surface area contributed by atoms with Crippen LogP contribution in [0.3, 0.4) is 0 Å². The van der Waals surface area contributed by atoms with Crippen molar-refractivity contribution in [1.29, 1.82) is 0 Å². The van der Waals surface area contributed by atoms with Gasteiger partial charge in [-0.15, -0.1) is 11.3 Å². The number of hydrogen-bond acceptors (Lipinski definition) is 4. The molecule has 0 fully saturated rings. The summed E-state index contributed by atoms with van der Waals surface area (Å²) in [7, 11) is 0. The molecule has 0 unspecified atom stereocenters. The van der Waals surface area contributed by atoms with E-state index in [1.165, 1.54) is 129 Å². The van der Waals surface area contributed by atoms with Crippen molar-refractivity contribution in [3.05, 3.63) is 149 Å². The number of furan rings is 1. The zero-order chi connectivity index (χ0) is 44.7. The topological polar surface area (TPSA) is 19.6 Å². The molecule has 0 N–H and O–H groups in total. The molecule has 5 heteroatoms. The highest BCUT2D eigenvalue weighted by atomic mass is 32.1. The maximum atomic E-state index is 7.31. The number of nitrogens with zero attached hydrogens (tertiary/aromatic N) is 2. The van der Waals surface area contributed by atoms with Crippen LogP contribution in [0, 0.1) is 13.8 Å². The molecule has 3 nitrogen and oxygen atoms in total. The van der Waals surface area contributed by atoms with Crippen LogP contribution in [-0.2, 0) is 21.7 Å². The molecule has 0 amide bonds. The third kappa shape index (κ3) is 5.42. The fourth-order valence-corrected chi connectivity index (χ4v) is 13.9. The fraction of sp³-hybridized carbons (Fsp3) is 0.300. The lowest BCUT2D eigenvalue weighted by Crippen LogP contribution is -2.60. The van der Waals surface area contributed by atoms with Gasteiger partial charge in [-0.25, -0.2) is 0 Å². The summed E-state index contributed by atoms with van der Waals surface area (Å²) < 4.78 is 10.1. The molecule has 0 saturated heterocycles. The minimum absolute atomic E-state index is 0.0346. The molecule has 13 rings (SSSR count). The molecule has 2 aliphatic carbocycles. The molecule has 322 valence electrons. The number of fused-ring (bicyclic) bond motifs is 13. The second-order valence-electron chi connectivity index (χ2n) is 22.8. The quantitative estimate of drug-likeness (QED) is 0.161. The van der Waals surface area contributed by atoms with Crippen LogP contribution < -0.4 is 20.0 Å². The van der Waals surface area contributed by atoms with E-state index in [9.17, 15) is 0 Å². The van der Waals surface area contributed by atoms with Crippen molar-refractivity contribution >= 4 is 99.7 Å². The number of thiophene rings is 1. The van der Waals surface area contributed by atoms with E-state index in [-0.39, 0.29) is 28.5 Å². The fourth-order valence-electron chi connectivity index (χ4n) is 12.6. The minimum Gasteiger partial charge on any atom is -0.454 e. The van der Waals surface area contributed by atoms with Gasteiger partial charge in [0, 0.05) is 48.3 Å². The van der Waals surface area contributed by atoms with Gasteiger partial charge in [0.1, 0.15) is 5.58 Å². The van der Waals surface area contributed by atoms with Crippen LogP contribution in [0.2, 0.25) is 0 Å². The summed E-state index contributed by atoms with van der Waals surface area (Å²) in [5.41, 5.74) is 20.8. The molecule has 2 aliphatic heterocycles. The normalized spacial score (nSPS) is 18.5. The Morgan fingerprint density at radius 3 is 1.83 bits per heavy atom. The summed E-state index contributed by atoms with van der Waals surface area (Å²) >= 11 is 2.02. The summed E-state index contributed by atoms with van der Waals surface area (Å²) in [6.07, 6.45) is 4.70. The van der Waals surface area contributed by atoms with E-state index in [1.54, 1.807) is 0 Å². The number of anilines is 5. The van der Waals surface area contributed by atoms with Gasteiger partial charge in [0.2, 0.25) is 0 Å². The van der Waals surface area contributed by atoms with Crippen molar-refractivity contribution in [2.75, 3.05) is 9.71 Å². The van der Waals surface area contributed by atoms with Crippen molar-refractivity contribution in [2.45, 2.75) is 117 Å². The van der Waals surface area contributed by atoms with Crippen LogP contribution in [-0.4, -0.2) is 6.85 Å². The van der Waals surface area contributed by atoms with E-state index in [4.69, 9.17) is 4.42 Å². The summed E-state index contributed by atoms with van der Waals surface area (Å²) in [6, 6.07) is 44.7. The average Bonchev–Trinajstić information content (AvgIpc) is 3.85. The Labute approximate surface area is 388 Å². The molecule has 0 bridgehead atoms. The molecule has 2 aromatic heterocycles. The van der Waals surface area contributed by atoms with Crippen LogP contribution in [0.25, 0.3) is 53.9 Å². The Kier molecular flexibility index (Phi) is 7.90. The zero-order valence-corrected chi connectivity index (χ0v) is 40.4. The predicted molar refractivity (Wildman–Crippen MR) is 280 cm³/mol. The van der Waals surface area contributed by atoms with Crippen molar-refractivity contribution in [2.24, 2.45) is 0 Å². The van der Waals surface area contributed by atoms with Gasteiger partial charge in [0.05, 0.1) is 11.4 Å². The lowest BCUT2D eigenvalue weighted by molar-refractivity contribution is 0.332. The number of rotatable bonds is 2. The van der Waals surface area contributed by atoms with Crippen molar-refractivity contribution < 1.29 is 4.42 Å². The average molecular weight is 865 g/mol. The maximum Gasteiger partial charge on any atom is 0.343 e. The zero-order valence-electron chi connectivity index (χ0n) is 39.6.